The van der Waals surface area contributed by atoms with Gasteiger partial charge >= 0.3 is 0 Å². The van der Waals surface area contributed by atoms with E-state index in [2.05, 4.69) is 10.2 Å². The smallest absolute Gasteiger partial charge is 0.223 e. The molecule has 0 radical (unpaired) electrons. The summed E-state index contributed by atoms with van der Waals surface area (Å²) in [6.45, 7) is 2.39. The van der Waals surface area contributed by atoms with Gasteiger partial charge in [0.15, 0.2) is 0 Å². The van der Waals surface area contributed by atoms with Crippen molar-refractivity contribution in [3.8, 4) is 0 Å². The van der Waals surface area contributed by atoms with E-state index < -0.39 is 0 Å². The van der Waals surface area contributed by atoms with Crippen LogP contribution in [0.4, 0.5) is 4.39 Å². The van der Waals surface area contributed by atoms with Gasteiger partial charge in [-0.15, -0.1) is 0 Å². The first-order chi connectivity index (χ1) is 11.2. The topological polar surface area (TPSA) is 32.3 Å². The number of rotatable bonds is 4. The first-order valence-corrected chi connectivity index (χ1v) is 8.98. The Kier molecular flexibility index (Phi) is 5.65. The van der Waals surface area contributed by atoms with Crippen LogP contribution in [0, 0.1) is 11.7 Å². The van der Waals surface area contributed by atoms with E-state index in [-0.39, 0.29) is 17.6 Å². The van der Waals surface area contributed by atoms with Gasteiger partial charge in [0.2, 0.25) is 5.91 Å². The number of amides is 1. The van der Waals surface area contributed by atoms with Crippen molar-refractivity contribution in [2.75, 3.05) is 13.1 Å². The second-order valence-electron chi connectivity index (χ2n) is 6.99. The number of nitrogens with zero attached hydrogens (tertiary/aromatic N) is 1. The van der Waals surface area contributed by atoms with Crippen LogP contribution in [0.1, 0.15) is 50.5 Å². The van der Waals surface area contributed by atoms with Crippen LogP contribution in [0.3, 0.4) is 0 Å². The zero-order valence-corrected chi connectivity index (χ0v) is 13.8. The minimum Gasteiger partial charge on any atom is -0.353 e. The Morgan fingerprint density at radius 2 is 1.78 bits per heavy atom. The number of likely N-dealkylation sites (tertiary alicyclic amines) is 1. The quantitative estimate of drug-likeness (QED) is 0.922. The van der Waals surface area contributed by atoms with Gasteiger partial charge in [0.05, 0.1) is 0 Å². The molecule has 0 unspecified atom stereocenters. The van der Waals surface area contributed by atoms with E-state index in [9.17, 15) is 9.18 Å². The van der Waals surface area contributed by atoms with E-state index in [1.165, 1.54) is 25.3 Å². The molecular formula is C19H27FN2O. The Hall–Kier alpha value is -1.42. The van der Waals surface area contributed by atoms with Crippen LogP contribution in [0.25, 0.3) is 0 Å². The van der Waals surface area contributed by atoms with Crippen LogP contribution in [-0.4, -0.2) is 29.9 Å². The molecule has 4 heteroatoms. The maximum absolute atomic E-state index is 13.7. The van der Waals surface area contributed by atoms with Gasteiger partial charge in [-0.05, 0) is 44.8 Å². The highest BCUT2D eigenvalue weighted by Crippen LogP contribution is 2.22. The van der Waals surface area contributed by atoms with Gasteiger partial charge in [0, 0.05) is 24.1 Å². The lowest BCUT2D eigenvalue weighted by Gasteiger charge is -2.32. The summed E-state index contributed by atoms with van der Waals surface area (Å²) < 4.78 is 13.7. The van der Waals surface area contributed by atoms with Crippen molar-refractivity contribution in [3.63, 3.8) is 0 Å². The fourth-order valence-corrected chi connectivity index (χ4v) is 3.79. The minimum atomic E-state index is -0.135. The Balaban J connectivity index is 1.44. The van der Waals surface area contributed by atoms with Crippen molar-refractivity contribution < 1.29 is 9.18 Å². The Labute approximate surface area is 138 Å². The molecule has 0 bridgehead atoms. The van der Waals surface area contributed by atoms with Crippen LogP contribution in [0.5, 0.6) is 0 Å². The van der Waals surface area contributed by atoms with Gasteiger partial charge in [-0.1, -0.05) is 37.5 Å². The highest BCUT2D eigenvalue weighted by atomic mass is 19.1. The van der Waals surface area contributed by atoms with Gasteiger partial charge in [-0.25, -0.2) is 4.39 Å². The van der Waals surface area contributed by atoms with E-state index in [0.29, 0.717) is 12.6 Å². The number of hydrogen-bond donors (Lipinski definition) is 1. The molecule has 0 atom stereocenters. The molecule has 3 rings (SSSR count). The number of hydrogen-bond acceptors (Lipinski definition) is 2. The Bertz CT molecular complexity index is 520. The molecule has 1 saturated carbocycles. The van der Waals surface area contributed by atoms with Crippen molar-refractivity contribution >= 4 is 5.91 Å². The average molecular weight is 318 g/mol. The number of halogens is 1. The fourth-order valence-electron chi connectivity index (χ4n) is 3.79. The first kappa shape index (κ1) is 16.4. The molecule has 2 fully saturated rings. The van der Waals surface area contributed by atoms with Crippen molar-refractivity contribution in [3.05, 3.63) is 35.6 Å². The van der Waals surface area contributed by atoms with Crippen molar-refractivity contribution in [1.29, 1.82) is 0 Å². The van der Waals surface area contributed by atoms with Crippen LogP contribution in [-0.2, 0) is 11.3 Å². The van der Waals surface area contributed by atoms with Crippen molar-refractivity contribution in [1.82, 2.24) is 10.2 Å². The number of piperidine rings is 1. The predicted molar refractivity (Wildman–Crippen MR) is 89.4 cm³/mol. The molecule has 1 aliphatic heterocycles. The van der Waals surface area contributed by atoms with Gasteiger partial charge in [0.25, 0.3) is 0 Å². The third-order valence-electron chi connectivity index (χ3n) is 5.26. The lowest BCUT2D eigenvalue weighted by atomic mass is 9.92. The normalized spacial score (nSPS) is 21.3. The molecule has 1 aliphatic carbocycles. The summed E-state index contributed by atoms with van der Waals surface area (Å²) in [7, 11) is 0. The van der Waals surface area contributed by atoms with Gasteiger partial charge in [-0.3, -0.25) is 9.69 Å². The summed E-state index contributed by atoms with van der Waals surface area (Å²) in [6, 6.07) is 7.35. The zero-order valence-electron chi connectivity index (χ0n) is 13.8. The summed E-state index contributed by atoms with van der Waals surface area (Å²) in [4.78, 5) is 14.6. The molecule has 1 aromatic carbocycles. The van der Waals surface area contributed by atoms with Crippen LogP contribution in [0.2, 0.25) is 0 Å². The number of carbonyl (C=O) groups excluding carboxylic acids is 1. The number of benzene rings is 1. The highest BCUT2D eigenvalue weighted by Gasteiger charge is 2.27. The number of nitrogens with one attached hydrogen (secondary N) is 1. The van der Waals surface area contributed by atoms with Crippen molar-refractivity contribution in [2.45, 2.75) is 57.5 Å². The average Bonchev–Trinajstić information content (AvgIpc) is 2.58. The third-order valence-corrected chi connectivity index (χ3v) is 5.26. The fraction of sp³-hybridized carbons (Fsp3) is 0.632. The van der Waals surface area contributed by atoms with Crippen LogP contribution in [0.15, 0.2) is 24.3 Å². The molecule has 1 N–H and O–H groups in total. The molecule has 1 heterocycles. The molecule has 0 spiro atoms. The maximum atomic E-state index is 13.7. The van der Waals surface area contributed by atoms with Crippen LogP contribution < -0.4 is 5.32 Å². The molecule has 1 aromatic rings. The van der Waals surface area contributed by atoms with E-state index in [0.717, 1.165) is 44.3 Å². The predicted octanol–water partition coefficient (Wildman–Crippen LogP) is 3.49. The molecule has 3 nitrogen and oxygen atoms in total. The Morgan fingerprint density at radius 1 is 1.09 bits per heavy atom. The maximum Gasteiger partial charge on any atom is 0.223 e. The van der Waals surface area contributed by atoms with E-state index in [1.54, 1.807) is 6.07 Å². The lowest BCUT2D eigenvalue weighted by Crippen LogP contribution is -2.44. The summed E-state index contributed by atoms with van der Waals surface area (Å²) in [6.07, 6.45) is 7.83. The largest absolute Gasteiger partial charge is 0.353 e. The standard InChI is InChI=1S/C19H27FN2O/c20-18-9-5-4-6-16(18)14-22-12-10-15(11-13-22)19(23)21-17-7-2-1-3-8-17/h4-6,9,15,17H,1-3,7-8,10-14H2,(H,21,23). The molecule has 1 amide bonds. The summed E-state index contributed by atoms with van der Waals surface area (Å²) >= 11 is 0. The molecule has 126 valence electrons. The minimum absolute atomic E-state index is 0.133. The SMILES string of the molecule is O=C(NC1CCCCC1)C1CCN(Cc2ccccc2F)CC1. The molecule has 0 aromatic heterocycles. The van der Waals surface area contributed by atoms with Gasteiger partial charge in [0.1, 0.15) is 5.82 Å². The second kappa shape index (κ2) is 7.91. The monoisotopic (exact) mass is 318 g/mol. The summed E-state index contributed by atoms with van der Waals surface area (Å²) in [5.41, 5.74) is 0.748. The molecular weight excluding hydrogens is 291 g/mol. The zero-order chi connectivity index (χ0) is 16.1. The highest BCUT2D eigenvalue weighted by molar-refractivity contribution is 5.79. The van der Waals surface area contributed by atoms with Crippen molar-refractivity contribution in [2.24, 2.45) is 5.92 Å². The second-order valence-corrected chi connectivity index (χ2v) is 6.99. The Morgan fingerprint density at radius 3 is 2.48 bits per heavy atom. The first-order valence-electron chi connectivity index (χ1n) is 8.98. The number of carbonyl (C=O) groups is 1. The van der Waals surface area contributed by atoms with E-state index in [1.807, 2.05) is 12.1 Å². The molecule has 1 saturated heterocycles. The molecule has 2 aliphatic rings. The van der Waals surface area contributed by atoms with Gasteiger partial charge in [-0.2, -0.15) is 0 Å². The van der Waals surface area contributed by atoms with Gasteiger partial charge < -0.3 is 5.32 Å². The summed E-state index contributed by atoms with van der Waals surface area (Å²) in [5.74, 6) is 0.237. The third kappa shape index (κ3) is 4.54. The van der Waals surface area contributed by atoms with Crippen LogP contribution >= 0.6 is 0 Å². The van der Waals surface area contributed by atoms with E-state index >= 15 is 0 Å². The summed E-state index contributed by atoms with van der Waals surface area (Å²) in [5, 5.41) is 3.24. The van der Waals surface area contributed by atoms with E-state index in [4.69, 9.17) is 0 Å². The molecule has 23 heavy (non-hydrogen) atoms. The lowest BCUT2D eigenvalue weighted by molar-refractivity contribution is -0.127.